The van der Waals surface area contributed by atoms with Gasteiger partial charge >= 0.3 is 0 Å². The van der Waals surface area contributed by atoms with Crippen LogP contribution in [0.3, 0.4) is 0 Å². The van der Waals surface area contributed by atoms with Crippen molar-refractivity contribution in [1.82, 2.24) is 0 Å². The van der Waals surface area contributed by atoms with Crippen LogP contribution >= 0.6 is 15.9 Å². The van der Waals surface area contributed by atoms with Crippen LogP contribution in [-0.2, 0) is 0 Å². The van der Waals surface area contributed by atoms with Crippen LogP contribution in [0.1, 0.15) is 6.42 Å². The fourth-order valence-corrected chi connectivity index (χ4v) is 0. The van der Waals surface area contributed by atoms with E-state index in [4.69, 9.17) is 0 Å². The number of halogens is 1. The van der Waals surface area contributed by atoms with Crippen LogP contribution in [0, 0.1) is 6.92 Å². The van der Waals surface area contributed by atoms with Gasteiger partial charge in [-0.3, -0.25) is 0 Å². The van der Waals surface area contributed by atoms with E-state index >= 15 is 0 Å². The maximum Gasteiger partial charge on any atom is 0.00313 e. The summed E-state index contributed by atoms with van der Waals surface area (Å²) in [6.07, 6.45) is 0.986. The van der Waals surface area contributed by atoms with Crippen molar-refractivity contribution in [3.63, 3.8) is 0 Å². The molecule has 0 saturated heterocycles. The second kappa shape index (κ2) is 117. The van der Waals surface area contributed by atoms with Crippen LogP contribution in [0.15, 0.2) is 0 Å². The smallest absolute Gasteiger partial charge is 0.00313 e. The quantitative estimate of drug-likeness (QED) is 0.551. The highest BCUT2D eigenvalue weighted by atomic mass is 79.9. The largest absolute Gasteiger partial charge is 0.333 e. The standard InChI is InChI=1S/C3H6Br.3CH5N/c1-2-3-4;3*1-2/h1-3H2;3*2H2,1H3. The van der Waals surface area contributed by atoms with E-state index in [-0.39, 0.29) is 0 Å². The van der Waals surface area contributed by atoms with E-state index in [9.17, 15) is 0 Å². The van der Waals surface area contributed by atoms with Crippen molar-refractivity contribution in [2.45, 2.75) is 6.42 Å². The lowest BCUT2D eigenvalue weighted by Gasteiger charge is -1.65. The molecule has 0 aromatic heterocycles. The molecule has 67 valence electrons. The normalized spacial score (nSPS) is 4.80. The van der Waals surface area contributed by atoms with Crippen LogP contribution in [-0.4, -0.2) is 26.5 Å². The molecule has 1 radical (unpaired) electrons. The fraction of sp³-hybridized carbons (Fsp3) is 0.833. The van der Waals surface area contributed by atoms with E-state index in [0.29, 0.717) is 0 Å². The van der Waals surface area contributed by atoms with Crippen LogP contribution in [0.5, 0.6) is 0 Å². The third-order valence-corrected chi connectivity index (χ3v) is 0.694. The fourth-order valence-electron chi connectivity index (χ4n) is 0. The zero-order chi connectivity index (χ0) is 9.41. The molecule has 10 heavy (non-hydrogen) atoms. The van der Waals surface area contributed by atoms with Crippen LogP contribution < -0.4 is 17.2 Å². The lowest BCUT2D eigenvalue weighted by Crippen LogP contribution is -1.69. The molecule has 0 aliphatic rings. The number of alkyl halides is 1. The first-order valence-electron chi connectivity index (χ1n) is 3.00. The Morgan fingerprint density at radius 2 is 1.10 bits per heavy atom. The molecule has 4 heteroatoms. The molecular formula is C6H21BrN3. The molecule has 0 fully saturated rings. The SMILES string of the molecule is CN.CN.CN.[CH2]CCBr. The van der Waals surface area contributed by atoms with Gasteiger partial charge in [-0.2, -0.15) is 0 Å². The van der Waals surface area contributed by atoms with Crippen molar-refractivity contribution < 1.29 is 0 Å². The van der Waals surface area contributed by atoms with E-state index in [2.05, 4.69) is 40.1 Å². The molecule has 0 rings (SSSR count). The minimum atomic E-state index is 0.986. The second-order valence-electron chi connectivity index (χ2n) is 0.543. The monoisotopic (exact) mass is 214 g/mol. The summed E-state index contributed by atoms with van der Waals surface area (Å²) in [7, 11) is 4.50. The van der Waals surface area contributed by atoms with Crippen molar-refractivity contribution >= 4 is 15.9 Å². The molecule has 0 spiro atoms. The summed E-state index contributed by atoms with van der Waals surface area (Å²) >= 11 is 3.19. The predicted molar refractivity (Wildman–Crippen MR) is 54.1 cm³/mol. The van der Waals surface area contributed by atoms with Gasteiger partial charge in [0.05, 0.1) is 0 Å². The molecule has 0 aliphatic carbocycles. The van der Waals surface area contributed by atoms with E-state index in [0.717, 1.165) is 11.8 Å². The summed E-state index contributed by atoms with van der Waals surface area (Å²) in [4.78, 5) is 0. The molecule has 3 nitrogen and oxygen atoms in total. The Kier molecular flexibility index (Phi) is 264. The molecule has 0 bridgehead atoms. The summed E-state index contributed by atoms with van der Waals surface area (Å²) < 4.78 is 0. The van der Waals surface area contributed by atoms with Gasteiger partial charge in [0.25, 0.3) is 0 Å². The van der Waals surface area contributed by atoms with E-state index in [1.807, 2.05) is 0 Å². The first kappa shape index (κ1) is 22.4. The second-order valence-corrected chi connectivity index (χ2v) is 1.34. The van der Waals surface area contributed by atoms with Crippen LogP contribution in [0.25, 0.3) is 0 Å². The van der Waals surface area contributed by atoms with E-state index in [1.165, 1.54) is 21.1 Å². The Bertz CT molecular complexity index is 15.0. The minimum absolute atomic E-state index is 0.986. The molecular weight excluding hydrogens is 194 g/mol. The molecule has 0 unspecified atom stereocenters. The van der Waals surface area contributed by atoms with Gasteiger partial charge in [0.15, 0.2) is 0 Å². The van der Waals surface area contributed by atoms with Gasteiger partial charge in [-0.25, -0.2) is 0 Å². The van der Waals surface area contributed by atoms with Crippen molar-refractivity contribution in [2.24, 2.45) is 17.2 Å². The zero-order valence-corrected chi connectivity index (χ0v) is 8.82. The number of nitrogens with two attached hydrogens (primary N) is 3. The van der Waals surface area contributed by atoms with Crippen LogP contribution in [0.4, 0.5) is 0 Å². The van der Waals surface area contributed by atoms with Gasteiger partial charge in [0.1, 0.15) is 0 Å². The third kappa shape index (κ3) is 245. The highest BCUT2D eigenvalue weighted by molar-refractivity contribution is 9.09. The zero-order valence-electron chi connectivity index (χ0n) is 7.23. The maximum absolute atomic E-state index is 4.50. The van der Waals surface area contributed by atoms with E-state index in [1.54, 1.807) is 0 Å². The van der Waals surface area contributed by atoms with Crippen molar-refractivity contribution in [1.29, 1.82) is 0 Å². The average Bonchev–Trinajstić information content (AvgIpc) is 2.14. The molecule has 0 aromatic rings. The molecule has 0 atom stereocenters. The highest BCUT2D eigenvalue weighted by Crippen LogP contribution is 1.79. The van der Waals surface area contributed by atoms with Gasteiger partial charge in [-0.15, -0.1) is 0 Å². The molecule has 6 N–H and O–H groups in total. The topological polar surface area (TPSA) is 78.1 Å². The predicted octanol–water partition coefficient (Wildman–Crippen LogP) is 0.330. The Balaban J connectivity index is -0.0000000262. The summed E-state index contributed by atoms with van der Waals surface area (Å²) in [6.45, 7) is 3.56. The van der Waals surface area contributed by atoms with Crippen molar-refractivity contribution in [3.8, 4) is 0 Å². The Morgan fingerprint density at radius 1 is 1.00 bits per heavy atom. The van der Waals surface area contributed by atoms with Gasteiger partial charge in [0.2, 0.25) is 0 Å². The third-order valence-electron chi connectivity index (χ3n) is 0.134. The van der Waals surface area contributed by atoms with Crippen LogP contribution in [0.2, 0.25) is 0 Å². The van der Waals surface area contributed by atoms with Gasteiger partial charge in [-0.05, 0) is 27.6 Å². The lowest BCUT2D eigenvalue weighted by atomic mass is 10.6. The number of hydrogen-bond donors (Lipinski definition) is 3. The molecule has 0 aliphatic heterocycles. The van der Waals surface area contributed by atoms with Gasteiger partial charge < -0.3 is 17.2 Å². The number of hydrogen-bond acceptors (Lipinski definition) is 3. The molecule has 0 heterocycles. The number of rotatable bonds is 1. The summed E-state index contributed by atoms with van der Waals surface area (Å²) in [5.41, 5.74) is 13.5. The molecule has 0 aromatic carbocycles. The minimum Gasteiger partial charge on any atom is -0.333 e. The maximum atomic E-state index is 4.50. The summed E-state index contributed by atoms with van der Waals surface area (Å²) in [5.74, 6) is 0. The first-order valence-corrected chi connectivity index (χ1v) is 4.12. The van der Waals surface area contributed by atoms with E-state index < -0.39 is 0 Å². The molecule has 0 amide bonds. The Morgan fingerprint density at radius 3 is 1.10 bits per heavy atom. The average molecular weight is 215 g/mol. The van der Waals surface area contributed by atoms with Gasteiger partial charge in [-0.1, -0.05) is 22.9 Å². The molecule has 0 saturated carbocycles. The lowest BCUT2D eigenvalue weighted by molar-refractivity contribution is 1.26. The first-order chi connectivity index (χ1) is 4.91. The Labute approximate surface area is 73.5 Å². The Hall–Kier alpha value is 0.360. The van der Waals surface area contributed by atoms with Crippen molar-refractivity contribution in [2.75, 3.05) is 26.5 Å². The summed E-state index contributed by atoms with van der Waals surface area (Å²) in [6, 6.07) is 0. The highest BCUT2D eigenvalue weighted by Gasteiger charge is 1.58. The van der Waals surface area contributed by atoms with Gasteiger partial charge in [0, 0.05) is 5.33 Å². The summed E-state index contributed by atoms with van der Waals surface area (Å²) in [5, 5.41) is 1.02. The van der Waals surface area contributed by atoms with Crippen molar-refractivity contribution in [3.05, 3.63) is 6.92 Å².